The molecule has 0 unspecified atom stereocenters. The van der Waals surface area contributed by atoms with Gasteiger partial charge < -0.3 is 19.0 Å². The van der Waals surface area contributed by atoms with E-state index in [1.807, 2.05) is 30.3 Å². The lowest BCUT2D eigenvalue weighted by Gasteiger charge is -2.13. The third-order valence-electron chi connectivity index (χ3n) is 4.42. The van der Waals surface area contributed by atoms with E-state index >= 15 is 0 Å². The summed E-state index contributed by atoms with van der Waals surface area (Å²) in [6, 6.07) is 17.9. The minimum atomic E-state index is -0.954. The molecule has 0 radical (unpaired) electrons. The van der Waals surface area contributed by atoms with Crippen LogP contribution in [-0.4, -0.2) is 23.1 Å². The van der Waals surface area contributed by atoms with Crippen LogP contribution >= 0.6 is 0 Å². The maximum absolute atomic E-state index is 12.5. The molecule has 4 aromatic rings. The normalized spacial score (nSPS) is 11.9. The molecule has 2 heterocycles. The van der Waals surface area contributed by atoms with E-state index in [9.17, 15) is 9.59 Å². The Morgan fingerprint density at radius 2 is 1.93 bits per heavy atom. The van der Waals surface area contributed by atoms with E-state index in [4.69, 9.17) is 13.7 Å². The molecule has 0 aliphatic carbocycles. The van der Waals surface area contributed by atoms with Crippen LogP contribution in [0.4, 0.5) is 0 Å². The van der Waals surface area contributed by atoms with Gasteiger partial charge in [0.05, 0.1) is 23.8 Å². The highest BCUT2D eigenvalue weighted by atomic mass is 16.5. The molecule has 0 fully saturated rings. The van der Waals surface area contributed by atoms with Crippen molar-refractivity contribution in [3.05, 3.63) is 78.3 Å². The van der Waals surface area contributed by atoms with Crippen molar-refractivity contribution in [2.45, 2.75) is 19.6 Å². The molecular formula is C22H18N2O5. The van der Waals surface area contributed by atoms with Crippen LogP contribution in [0.2, 0.25) is 0 Å². The molecule has 0 bridgehead atoms. The lowest BCUT2D eigenvalue weighted by molar-refractivity contribution is -0.129. The van der Waals surface area contributed by atoms with Crippen molar-refractivity contribution in [3.63, 3.8) is 0 Å². The first-order valence-electron chi connectivity index (χ1n) is 9.08. The predicted molar refractivity (Wildman–Crippen MR) is 105 cm³/mol. The number of hydrogen-bond donors (Lipinski definition) is 1. The molecule has 0 saturated heterocycles. The SMILES string of the molecule is C[C@@H](OC(=O)c1ccc2noc(-c3ccccc3)c2c1)C(=O)NCc1ccco1. The molecule has 1 N–H and O–H groups in total. The molecule has 7 nitrogen and oxygen atoms in total. The maximum atomic E-state index is 12.5. The van der Waals surface area contributed by atoms with Crippen LogP contribution in [0.5, 0.6) is 0 Å². The van der Waals surface area contributed by atoms with Crippen LogP contribution in [-0.2, 0) is 16.1 Å². The highest BCUT2D eigenvalue weighted by molar-refractivity contribution is 5.99. The van der Waals surface area contributed by atoms with Crippen LogP contribution in [0.1, 0.15) is 23.0 Å². The number of hydrogen-bond acceptors (Lipinski definition) is 6. The number of carbonyl (C=O) groups is 2. The molecule has 1 atom stereocenters. The second-order valence-corrected chi connectivity index (χ2v) is 6.45. The van der Waals surface area contributed by atoms with Crippen LogP contribution in [0, 0.1) is 0 Å². The van der Waals surface area contributed by atoms with Gasteiger partial charge in [0.1, 0.15) is 11.3 Å². The van der Waals surface area contributed by atoms with E-state index in [1.54, 1.807) is 30.3 Å². The number of nitrogens with one attached hydrogen (secondary N) is 1. The van der Waals surface area contributed by atoms with Crippen LogP contribution in [0.3, 0.4) is 0 Å². The minimum Gasteiger partial charge on any atom is -0.467 e. The summed E-state index contributed by atoms with van der Waals surface area (Å²) in [5.41, 5.74) is 1.79. The number of aromatic nitrogens is 1. The van der Waals surface area contributed by atoms with Gasteiger partial charge in [-0.25, -0.2) is 4.79 Å². The molecule has 0 aliphatic rings. The van der Waals surface area contributed by atoms with Crippen molar-refractivity contribution in [3.8, 4) is 11.3 Å². The Bertz CT molecular complexity index is 1130. The average Bonchev–Trinajstić information content (AvgIpc) is 3.41. The summed E-state index contributed by atoms with van der Waals surface area (Å²) in [4.78, 5) is 24.7. The number of nitrogens with zero attached hydrogens (tertiary/aromatic N) is 1. The average molecular weight is 390 g/mol. The Morgan fingerprint density at radius 1 is 1.10 bits per heavy atom. The molecular weight excluding hydrogens is 372 g/mol. The van der Waals surface area contributed by atoms with Gasteiger partial charge in [0.25, 0.3) is 5.91 Å². The molecule has 4 rings (SSSR count). The van der Waals surface area contributed by atoms with Crippen molar-refractivity contribution >= 4 is 22.8 Å². The number of esters is 1. The zero-order valence-electron chi connectivity index (χ0n) is 15.6. The van der Waals surface area contributed by atoms with Gasteiger partial charge in [0.2, 0.25) is 0 Å². The Balaban J connectivity index is 1.47. The van der Waals surface area contributed by atoms with E-state index < -0.39 is 18.0 Å². The molecule has 2 aromatic carbocycles. The third-order valence-corrected chi connectivity index (χ3v) is 4.42. The fourth-order valence-corrected chi connectivity index (χ4v) is 2.88. The van der Waals surface area contributed by atoms with Gasteiger partial charge in [0, 0.05) is 5.56 Å². The minimum absolute atomic E-state index is 0.223. The van der Waals surface area contributed by atoms with Crippen LogP contribution in [0.15, 0.2) is 75.9 Å². The molecule has 29 heavy (non-hydrogen) atoms. The second kappa shape index (κ2) is 8.02. The quantitative estimate of drug-likeness (QED) is 0.501. The zero-order valence-corrected chi connectivity index (χ0v) is 15.6. The standard InChI is InChI=1S/C22H18N2O5/c1-14(21(25)23-13-17-8-5-11-27-17)28-22(26)16-9-10-19-18(12-16)20(29-24-19)15-6-3-2-4-7-15/h2-12,14H,13H2,1H3,(H,23,25)/t14-/m1/s1. The molecule has 0 aliphatic heterocycles. The van der Waals surface area contributed by atoms with Crippen molar-refractivity contribution in [1.29, 1.82) is 0 Å². The van der Waals surface area contributed by atoms with Gasteiger partial charge in [-0.3, -0.25) is 4.79 Å². The van der Waals surface area contributed by atoms with Crippen molar-refractivity contribution in [1.82, 2.24) is 10.5 Å². The number of furan rings is 1. The van der Waals surface area contributed by atoms with Crippen molar-refractivity contribution in [2.24, 2.45) is 0 Å². The smallest absolute Gasteiger partial charge is 0.338 e. The topological polar surface area (TPSA) is 94.6 Å². The Morgan fingerprint density at radius 3 is 2.69 bits per heavy atom. The molecule has 1 amide bonds. The largest absolute Gasteiger partial charge is 0.467 e. The van der Waals surface area contributed by atoms with Crippen LogP contribution < -0.4 is 5.32 Å². The Hall–Kier alpha value is -3.87. The molecule has 146 valence electrons. The highest BCUT2D eigenvalue weighted by Gasteiger charge is 2.20. The van der Waals surface area contributed by atoms with Gasteiger partial charge in [-0.05, 0) is 37.3 Å². The molecule has 0 spiro atoms. The maximum Gasteiger partial charge on any atom is 0.338 e. The predicted octanol–water partition coefficient (Wildman–Crippen LogP) is 3.95. The summed E-state index contributed by atoms with van der Waals surface area (Å²) in [6.07, 6.45) is 0.569. The fourth-order valence-electron chi connectivity index (χ4n) is 2.88. The number of rotatable bonds is 6. The Labute approximate surface area is 166 Å². The van der Waals surface area contributed by atoms with E-state index in [0.29, 0.717) is 28.0 Å². The Kier molecular flexibility index (Phi) is 5.11. The molecule has 0 saturated carbocycles. The van der Waals surface area contributed by atoms with Gasteiger partial charge in [0.15, 0.2) is 11.9 Å². The number of benzene rings is 2. The van der Waals surface area contributed by atoms with Crippen molar-refractivity contribution < 1.29 is 23.3 Å². The first-order valence-corrected chi connectivity index (χ1v) is 9.08. The summed E-state index contributed by atoms with van der Waals surface area (Å²) in [5, 5.41) is 7.39. The molecule has 2 aromatic heterocycles. The monoisotopic (exact) mass is 390 g/mol. The summed E-state index contributed by atoms with van der Waals surface area (Å²) < 4.78 is 15.9. The van der Waals surface area contributed by atoms with E-state index in [0.717, 1.165) is 5.56 Å². The lowest BCUT2D eigenvalue weighted by Crippen LogP contribution is -2.35. The highest BCUT2D eigenvalue weighted by Crippen LogP contribution is 2.29. The van der Waals surface area contributed by atoms with E-state index in [-0.39, 0.29) is 6.54 Å². The lowest BCUT2D eigenvalue weighted by atomic mass is 10.1. The molecule has 7 heteroatoms. The van der Waals surface area contributed by atoms with E-state index in [2.05, 4.69) is 10.5 Å². The summed E-state index contributed by atoms with van der Waals surface area (Å²) >= 11 is 0. The number of amides is 1. The van der Waals surface area contributed by atoms with E-state index in [1.165, 1.54) is 13.2 Å². The third kappa shape index (κ3) is 4.03. The second-order valence-electron chi connectivity index (χ2n) is 6.45. The number of ether oxygens (including phenoxy) is 1. The summed E-state index contributed by atoms with van der Waals surface area (Å²) in [7, 11) is 0. The zero-order chi connectivity index (χ0) is 20.2. The first-order chi connectivity index (χ1) is 14.1. The fraction of sp³-hybridized carbons (Fsp3) is 0.136. The number of carbonyl (C=O) groups excluding carboxylic acids is 2. The summed E-state index contributed by atoms with van der Waals surface area (Å²) in [6.45, 7) is 1.74. The number of fused-ring (bicyclic) bond motifs is 1. The van der Waals surface area contributed by atoms with Gasteiger partial charge >= 0.3 is 5.97 Å². The summed E-state index contributed by atoms with van der Waals surface area (Å²) in [5.74, 6) is 0.168. The van der Waals surface area contributed by atoms with Crippen molar-refractivity contribution in [2.75, 3.05) is 0 Å². The van der Waals surface area contributed by atoms with Gasteiger partial charge in [-0.2, -0.15) is 0 Å². The van der Waals surface area contributed by atoms with Gasteiger partial charge in [-0.15, -0.1) is 0 Å². The van der Waals surface area contributed by atoms with Gasteiger partial charge in [-0.1, -0.05) is 35.5 Å². The first kappa shape index (κ1) is 18.5. The van der Waals surface area contributed by atoms with Crippen LogP contribution in [0.25, 0.3) is 22.2 Å².